The summed E-state index contributed by atoms with van der Waals surface area (Å²) in [5, 5.41) is 19.9. The van der Waals surface area contributed by atoms with Gasteiger partial charge in [-0.3, -0.25) is 14.7 Å². The molecule has 1 aromatic carbocycles. The van der Waals surface area contributed by atoms with Crippen molar-refractivity contribution in [3.8, 4) is 0 Å². The lowest BCUT2D eigenvalue weighted by Crippen LogP contribution is -2.38. The van der Waals surface area contributed by atoms with Crippen molar-refractivity contribution in [3.63, 3.8) is 0 Å². The Morgan fingerprint density at radius 1 is 1.30 bits per heavy atom. The Kier molecular flexibility index (Phi) is 5.56. The standard InChI is InChI=1S/C15H16F3N5O3S/c1-2-22-13(21-5-7-26-8-6-21)19-20-14(22)27-12-4-3-10(15(16,17)18)9-11(12)23(24)25/h3-4,9H,2,5-8H2,1H3. The zero-order chi connectivity index (χ0) is 19.6. The van der Waals surface area contributed by atoms with Crippen LogP contribution in [0, 0.1) is 10.1 Å². The SMILES string of the molecule is CCn1c(Sc2ccc(C(F)(F)F)cc2[N+](=O)[O-])nnc1N1CCOCC1. The van der Waals surface area contributed by atoms with Gasteiger partial charge in [-0.2, -0.15) is 13.2 Å². The van der Waals surface area contributed by atoms with Crippen LogP contribution in [0.25, 0.3) is 0 Å². The quantitative estimate of drug-likeness (QED) is 0.560. The second kappa shape index (κ2) is 7.72. The van der Waals surface area contributed by atoms with Gasteiger partial charge in [-0.05, 0) is 30.8 Å². The van der Waals surface area contributed by atoms with Crippen molar-refractivity contribution in [1.82, 2.24) is 14.8 Å². The molecule has 1 fully saturated rings. The molecule has 0 N–H and O–H groups in total. The molecule has 0 aliphatic carbocycles. The second-order valence-corrected chi connectivity index (χ2v) is 6.67. The molecule has 27 heavy (non-hydrogen) atoms. The smallest absolute Gasteiger partial charge is 0.378 e. The number of halogens is 3. The predicted octanol–water partition coefficient (Wildman–Crippen LogP) is 3.21. The largest absolute Gasteiger partial charge is 0.416 e. The van der Waals surface area contributed by atoms with Crippen molar-refractivity contribution < 1.29 is 22.8 Å². The summed E-state index contributed by atoms with van der Waals surface area (Å²) in [6.07, 6.45) is -4.65. The Morgan fingerprint density at radius 2 is 2.00 bits per heavy atom. The highest BCUT2D eigenvalue weighted by Gasteiger charge is 2.33. The maximum absolute atomic E-state index is 12.8. The van der Waals surface area contributed by atoms with Crippen LogP contribution in [0.15, 0.2) is 28.3 Å². The summed E-state index contributed by atoms with van der Waals surface area (Å²) in [6.45, 7) is 4.79. The van der Waals surface area contributed by atoms with Crippen molar-refractivity contribution >= 4 is 23.4 Å². The Hall–Kier alpha value is -2.34. The number of benzene rings is 1. The molecular formula is C15H16F3N5O3S. The van der Waals surface area contributed by atoms with E-state index in [9.17, 15) is 23.3 Å². The van der Waals surface area contributed by atoms with Gasteiger partial charge in [-0.1, -0.05) is 0 Å². The number of hydrogen-bond acceptors (Lipinski definition) is 7. The van der Waals surface area contributed by atoms with Gasteiger partial charge >= 0.3 is 6.18 Å². The average Bonchev–Trinajstić information content (AvgIpc) is 3.04. The molecule has 3 rings (SSSR count). The van der Waals surface area contributed by atoms with Crippen LogP contribution in [-0.4, -0.2) is 46.0 Å². The topological polar surface area (TPSA) is 86.3 Å². The van der Waals surface area contributed by atoms with Gasteiger partial charge in [-0.25, -0.2) is 0 Å². The molecular weight excluding hydrogens is 387 g/mol. The van der Waals surface area contributed by atoms with Gasteiger partial charge in [0.1, 0.15) is 0 Å². The summed E-state index contributed by atoms with van der Waals surface area (Å²) in [6, 6.07) is 2.46. The maximum Gasteiger partial charge on any atom is 0.416 e. The van der Waals surface area contributed by atoms with E-state index < -0.39 is 22.4 Å². The lowest BCUT2D eigenvalue weighted by atomic mass is 10.2. The Labute approximate surface area is 156 Å². The van der Waals surface area contributed by atoms with Crippen LogP contribution in [0.4, 0.5) is 24.8 Å². The van der Waals surface area contributed by atoms with Crippen LogP contribution in [0.2, 0.25) is 0 Å². The Balaban J connectivity index is 1.93. The normalized spacial score (nSPS) is 15.2. The number of anilines is 1. The minimum Gasteiger partial charge on any atom is -0.378 e. The van der Waals surface area contributed by atoms with E-state index in [1.165, 1.54) is 0 Å². The van der Waals surface area contributed by atoms with E-state index in [1.54, 1.807) is 4.57 Å². The fourth-order valence-electron chi connectivity index (χ4n) is 2.65. The van der Waals surface area contributed by atoms with Crippen LogP contribution < -0.4 is 4.90 Å². The van der Waals surface area contributed by atoms with E-state index in [-0.39, 0.29) is 4.90 Å². The summed E-state index contributed by atoms with van der Waals surface area (Å²) in [7, 11) is 0. The number of rotatable bonds is 5. The lowest BCUT2D eigenvalue weighted by Gasteiger charge is -2.27. The molecule has 0 radical (unpaired) electrons. The van der Waals surface area contributed by atoms with Gasteiger partial charge in [0.25, 0.3) is 5.69 Å². The van der Waals surface area contributed by atoms with Crippen molar-refractivity contribution in [2.75, 3.05) is 31.2 Å². The summed E-state index contributed by atoms with van der Waals surface area (Å²) in [4.78, 5) is 12.5. The number of alkyl halides is 3. The fraction of sp³-hybridized carbons (Fsp3) is 0.467. The Morgan fingerprint density at radius 3 is 2.59 bits per heavy atom. The van der Waals surface area contributed by atoms with Crippen molar-refractivity contribution in [1.29, 1.82) is 0 Å². The summed E-state index contributed by atoms with van der Waals surface area (Å²) in [5.74, 6) is 0.609. The molecule has 0 bridgehead atoms. The highest BCUT2D eigenvalue weighted by Crippen LogP contribution is 2.39. The number of nitro groups is 1. The van der Waals surface area contributed by atoms with E-state index in [4.69, 9.17) is 4.74 Å². The van der Waals surface area contributed by atoms with Gasteiger partial charge in [0.2, 0.25) is 5.95 Å². The van der Waals surface area contributed by atoms with Crippen molar-refractivity contribution in [2.45, 2.75) is 29.7 Å². The number of hydrogen-bond donors (Lipinski definition) is 0. The highest BCUT2D eigenvalue weighted by atomic mass is 32.2. The molecule has 0 spiro atoms. The Bertz CT molecular complexity index is 837. The minimum atomic E-state index is -4.65. The van der Waals surface area contributed by atoms with Crippen LogP contribution in [0.5, 0.6) is 0 Å². The second-order valence-electron chi connectivity index (χ2n) is 5.67. The molecule has 146 valence electrons. The lowest BCUT2D eigenvalue weighted by molar-refractivity contribution is -0.388. The monoisotopic (exact) mass is 403 g/mol. The fourth-order valence-corrected chi connectivity index (χ4v) is 3.62. The first-order valence-electron chi connectivity index (χ1n) is 8.10. The van der Waals surface area contributed by atoms with E-state index >= 15 is 0 Å². The third-order valence-corrected chi connectivity index (χ3v) is 5.04. The summed E-state index contributed by atoms with van der Waals surface area (Å²) >= 11 is 0.920. The van der Waals surface area contributed by atoms with Gasteiger partial charge in [-0.15, -0.1) is 10.2 Å². The highest BCUT2D eigenvalue weighted by molar-refractivity contribution is 7.99. The zero-order valence-electron chi connectivity index (χ0n) is 14.3. The van der Waals surface area contributed by atoms with E-state index in [0.29, 0.717) is 50.0 Å². The third kappa shape index (κ3) is 4.16. The maximum atomic E-state index is 12.8. The number of ether oxygens (including phenoxy) is 1. The number of aromatic nitrogens is 3. The molecule has 0 amide bonds. The molecule has 8 nitrogen and oxygen atoms in total. The van der Waals surface area contributed by atoms with Crippen LogP contribution in [0.1, 0.15) is 12.5 Å². The molecule has 2 aromatic rings. The molecule has 12 heteroatoms. The first-order chi connectivity index (χ1) is 12.8. The average molecular weight is 403 g/mol. The van der Waals surface area contributed by atoms with E-state index in [2.05, 4.69) is 10.2 Å². The third-order valence-electron chi connectivity index (χ3n) is 3.99. The van der Waals surface area contributed by atoms with Gasteiger partial charge in [0.15, 0.2) is 5.16 Å². The first kappa shape index (κ1) is 19.4. The van der Waals surface area contributed by atoms with Gasteiger partial charge in [0, 0.05) is 25.7 Å². The molecule has 0 saturated carbocycles. The predicted molar refractivity (Wildman–Crippen MR) is 90.9 cm³/mol. The zero-order valence-corrected chi connectivity index (χ0v) is 15.1. The minimum absolute atomic E-state index is 0.0728. The van der Waals surface area contributed by atoms with Crippen LogP contribution in [-0.2, 0) is 17.5 Å². The molecule has 0 unspecified atom stereocenters. The molecule has 1 aliphatic rings. The van der Waals surface area contributed by atoms with Crippen molar-refractivity contribution in [2.24, 2.45) is 0 Å². The summed E-state index contributed by atoms with van der Waals surface area (Å²) in [5.41, 5.74) is -1.68. The van der Waals surface area contributed by atoms with Gasteiger partial charge in [0.05, 0.1) is 28.6 Å². The van der Waals surface area contributed by atoms with Crippen molar-refractivity contribution in [3.05, 3.63) is 33.9 Å². The number of nitro benzene ring substituents is 1. The van der Waals surface area contributed by atoms with E-state index in [1.807, 2.05) is 11.8 Å². The van der Waals surface area contributed by atoms with Crippen LogP contribution in [0.3, 0.4) is 0 Å². The van der Waals surface area contributed by atoms with Crippen LogP contribution >= 0.6 is 11.8 Å². The molecule has 1 aromatic heterocycles. The summed E-state index contributed by atoms with van der Waals surface area (Å²) < 4.78 is 45.6. The molecule has 2 heterocycles. The molecule has 1 aliphatic heterocycles. The number of morpholine rings is 1. The van der Waals surface area contributed by atoms with E-state index in [0.717, 1.165) is 23.9 Å². The number of nitrogens with zero attached hydrogens (tertiary/aromatic N) is 5. The first-order valence-corrected chi connectivity index (χ1v) is 8.92. The molecule has 0 atom stereocenters. The van der Waals surface area contributed by atoms with Gasteiger partial charge < -0.3 is 9.64 Å². The molecule has 1 saturated heterocycles.